The second-order valence-corrected chi connectivity index (χ2v) is 5.00. The number of hydrogen-bond acceptors (Lipinski definition) is 2. The fraction of sp³-hybridized carbons (Fsp3) is 0.0667. The Morgan fingerprint density at radius 1 is 0.957 bits per heavy atom. The van der Waals surface area contributed by atoms with Crippen LogP contribution in [0.15, 0.2) is 48.5 Å². The van der Waals surface area contributed by atoms with Crippen LogP contribution in [0.4, 0.5) is 24.5 Å². The lowest BCUT2D eigenvalue weighted by atomic mass is 10.1. The molecule has 0 spiro atoms. The second-order valence-electron chi connectivity index (χ2n) is 4.56. The monoisotopic (exact) mass is 339 g/mol. The maximum Gasteiger partial charge on any atom is 0.416 e. The van der Waals surface area contributed by atoms with Crippen LogP contribution >= 0.6 is 12.2 Å². The Kier molecular flexibility index (Phi) is 4.85. The molecule has 0 fully saturated rings. The standard InChI is InChI=1S/C15H12F3N3OS/c16-15(17,18)10-7-5-9(6-8-10)13(22)20-11-3-1-2-4-12(11)21-14(19)23/h1-8H,(H,20,22)(H3,19,21,23). The smallest absolute Gasteiger partial charge is 0.376 e. The van der Waals surface area contributed by atoms with Crippen LogP contribution in [0, 0.1) is 0 Å². The molecule has 0 aliphatic carbocycles. The van der Waals surface area contributed by atoms with Gasteiger partial charge in [0.05, 0.1) is 16.9 Å². The topological polar surface area (TPSA) is 67.2 Å². The minimum Gasteiger partial charge on any atom is -0.376 e. The predicted octanol–water partition coefficient (Wildman–Crippen LogP) is 3.61. The molecular weight excluding hydrogens is 327 g/mol. The van der Waals surface area contributed by atoms with Crippen molar-refractivity contribution in [2.45, 2.75) is 6.18 Å². The average Bonchev–Trinajstić information content (AvgIpc) is 2.48. The second kappa shape index (κ2) is 6.66. The van der Waals surface area contributed by atoms with Gasteiger partial charge in [0.15, 0.2) is 5.11 Å². The number of alkyl halides is 3. The number of halogens is 3. The third kappa shape index (κ3) is 4.43. The Bertz CT molecular complexity index is 729. The molecule has 0 heterocycles. The highest BCUT2D eigenvalue weighted by atomic mass is 32.1. The van der Waals surface area contributed by atoms with E-state index in [1.165, 1.54) is 0 Å². The zero-order valence-electron chi connectivity index (χ0n) is 11.6. The van der Waals surface area contributed by atoms with E-state index in [1.807, 2.05) is 0 Å². The SMILES string of the molecule is NC(=S)Nc1ccccc1NC(=O)c1ccc(C(F)(F)F)cc1. The molecule has 0 unspecified atom stereocenters. The molecule has 23 heavy (non-hydrogen) atoms. The van der Waals surface area contributed by atoms with Gasteiger partial charge in [0.2, 0.25) is 0 Å². The highest BCUT2D eigenvalue weighted by Gasteiger charge is 2.30. The van der Waals surface area contributed by atoms with Crippen molar-refractivity contribution < 1.29 is 18.0 Å². The van der Waals surface area contributed by atoms with Gasteiger partial charge in [-0.25, -0.2) is 0 Å². The first kappa shape index (κ1) is 16.8. The average molecular weight is 339 g/mol. The van der Waals surface area contributed by atoms with Crippen molar-refractivity contribution in [1.29, 1.82) is 0 Å². The lowest BCUT2D eigenvalue weighted by molar-refractivity contribution is -0.137. The van der Waals surface area contributed by atoms with E-state index in [9.17, 15) is 18.0 Å². The molecule has 2 rings (SSSR count). The van der Waals surface area contributed by atoms with E-state index >= 15 is 0 Å². The van der Waals surface area contributed by atoms with E-state index in [0.717, 1.165) is 24.3 Å². The van der Waals surface area contributed by atoms with Crippen molar-refractivity contribution in [3.63, 3.8) is 0 Å². The zero-order valence-corrected chi connectivity index (χ0v) is 12.5. The van der Waals surface area contributed by atoms with Crippen LogP contribution in [-0.2, 0) is 6.18 Å². The van der Waals surface area contributed by atoms with Gasteiger partial charge in [0.25, 0.3) is 5.91 Å². The number of nitrogens with one attached hydrogen (secondary N) is 2. The molecule has 0 aromatic heterocycles. The summed E-state index contributed by atoms with van der Waals surface area (Å²) < 4.78 is 37.5. The number of benzene rings is 2. The third-order valence-corrected chi connectivity index (χ3v) is 3.01. The minimum atomic E-state index is -4.44. The van der Waals surface area contributed by atoms with Gasteiger partial charge in [-0.05, 0) is 48.6 Å². The number of anilines is 2. The Morgan fingerprint density at radius 2 is 1.48 bits per heavy atom. The Balaban J connectivity index is 2.18. The summed E-state index contributed by atoms with van der Waals surface area (Å²) in [5, 5.41) is 5.33. The van der Waals surface area contributed by atoms with Crippen LogP contribution in [0.3, 0.4) is 0 Å². The van der Waals surface area contributed by atoms with Crippen molar-refractivity contribution in [2.24, 2.45) is 5.73 Å². The molecule has 2 aromatic rings. The summed E-state index contributed by atoms with van der Waals surface area (Å²) in [5.74, 6) is -0.545. The third-order valence-electron chi connectivity index (χ3n) is 2.91. The summed E-state index contributed by atoms with van der Waals surface area (Å²) in [6, 6.07) is 10.6. The summed E-state index contributed by atoms with van der Waals surface area (Å²) >= 11 is 4.74. The Labute approximate surface area is 135 Å². The van der Waals surface area contributed by atoms with Crippen LogP contribution in [0.1, 0.15) is 15.9 Å². The van der Waals surface area contributed by atoms with E-state index in [0.29, 0.717) is 11.4 Å². The molecule has 0 saturated heterocycles. The summed E-state index contributed by atoms with van der Waals surface area (Å²) in [4.78, 5) is 12.1. The molecule has 4 N–H and O–H groups in total. The van der Waals surface area contributed by atoms with E-state index in [2.05, 4.69) is 10.6 Å². The minimum absolute atomic E-state index is 0.0289. The van der Waals surface area contributed by atoms with Crippen molar-refractivity contribution in [3.8, 4) is 0 Å². The van der Waals surface area contributed by atoms with Gasteiger partial charge < -0.3 is 16.4 Å². The van der Waals surface area contributed by atoms with Gasteiger partial charge >= 0.3 is 6.18 Å². The molecule has 0 atom stereocenters. The largest absolute Gasteiger partial charge is 0.416 e. The normalized spacial score (nSPS) is 10.9. The number of thiocarbonyl (C=S) groups is 1. The van der Waals surface area contributed by atoms with E-state index in [4.69, 9.17) is 18.0 Å². The number of rotatable bonds is 3. The first-order valence-electron chi connectivity index (χ1n) is 6.41. The van der Waals surface area contributed by atoms with E-state index < -0.39 is 17.6 Å². The predicted molar refractivity (Wildman–Crippen MR) is 86.2 cm³/mol. The number of carbonyl (C=O) groups is 1. The van der Waals surface area contributed by atoms with Gasteiger partial charge in [-0.3, -0.25) is 4.79 Å². The summed E-state index contributed by atoms with van der Waals surface area (Å²) in [6.45, 7) is 0. The molecule has 0 bridgehead atoms. The molecule has 4 nitrogen and oxygen atoms in total. The van der Waals surface area contributed by atoms with Crippen LogP contribution in [-0.4, -0.2) is 11.0 Å². The van der Waals surface area contributed by atoms with Crippen LogP contribution < -0.4 is 16.4 Å². The molecule has 0 radical (unpaired) electrons. The number of nitrogens with two attached hydrogens (primary N) is 1. The molecule has 120 valence electrons. The number of amides is 1. The lowest BCUT2D eigenvalue weighted by Crippen LogP contribution is -2.21. The maximum atomic E-state index is 12.5. The first-order chi connectivity index (χ1) is 10.8. The molecular formula is C15H12F3N3OS. The van der Waals surface area contributed by atoms with Gasteiger partial charge in [-0.2, -0.15) is 13.2 Å². The highest BCUT2D eigenvalue weighted by Crippen LogP contribution is 2.29. The molecule has 2 aromatic carbocycles. The van der Waals surface area contributed by atoms with Gasteiger partial charge in [-0.15, -0.1) is 0 Å². The molecule has 0 saturated carbocycles. The number of hydrogen-bond donors (Lipinski definition) is 3. The fourth-order valence-electron chi connectivity index (χ4n) is 1.84. The van der Waals surface area contributed by atoms with Gasteiger partial charge in [-0.1, -0.05) is 12.1 Å². The number of carbonyl (C=O) groups excluding carboxylic acids is 1. The van der Waals surface area contributed by atoms with Crippen molar-refractivity contribution in [2.75, 3.05) is 10.6 Å². The van der Waals surface area contributed by atoms with Crippen molar-refractivity contribution in [1.82, 2.24) is 0 Å². The van der Waals surface area contributed by atoms with Crippen LogP contribution in [0.5, 0.6) is 0 Å². The Morgan fingerprint density at radius 3 is 1.96 bits per heavy atom. The lowest BCUT2D eigenvalue weighted by Gasteiger charge is -2.12. The van der Waals surface area contributed by atoms with Crippen molar-refractivity contribution >= 4 is 34.6 Å². The maximum absolute atomic E-state index is 12.5. The van der Waals surface area contributed by atoms with Crippen molar-refractivity contribution in [3.05, 3.63) is 59.7 Å². The summed E-state index contributed by atoms with van der Waals surface area (Å²) in [7, 11) is 0. The van der Waals surface area contributed by atoms with Crippen LogP contribution in [0.2, 0.25) is 0 Å². The Hall–Kier alpha value is -2.61. The van der Waals surface area contributed by atoms with E-state index in [1.54, 1.807) is 24.3 Å². The van der Waals surface area contributed by atoms with Crippen LogP contribution in [0.25, 0.3) is 0 Å². The van der Waals surface area contributed by atoms with Gasteiger partial charge in [0, 0.05) is 5.56 Å². The van der Waals surface area contributed by atoms with E-state index in [-0.39, 0.29) is 10.7 Å². The summed E-state index contributed by atoms with van der Waals surface area (Å²) in [5.41, 5.74) is 5.57. The summed E-state index contributed by atoms with van der Waals surface area (Å²) in [6.07, 6.45) is -4.44. The first-order valence-corrected chi connectivity index (χ1v) is 6.82. The molecule has 8 heteroatoms. The fourth-order valence-corrected chi connectivity index (χ4v) is 1.95. The molecule has 1 amide bonds. The quantitative estimate of drug-likeness (QED) is 0.747. The van der Waals surface area contributed by atoms with Gasteiger partial charge in [0.1, 0.15) is 0 Å². The number of para-hydroxylation sites is 2. The highest BCUT2D eigenvalue weighted by molar-refractivity contribution is 7.80. The molecule has 0 aliphatic rings. The zero-order chi connectivity index (χ0) is 17.0. The molecule has 0 aliphatic heterocycles.